The minimum atomic E-state index is 0.734. The molecule has 0 aliphatic heterocycles. The van der Waals surface area contributed by atoms with E-state index in [0.717, 1.165) is 23.0 Å². The van der Waals surface area contributed by atoms with Crippen LogP contribution in [-0.4, -0.2) is 16.1 Å². The third-order valence-corrected chi connectivity index (χ3v) is 2.60. The average Bonchev–Trinajstić information content (AvgIpc) is 2.71. The van der Waals surface area contributed by atoms with Gasteiger partial charge in [0.2, 0.25) is 0 Å². The van der Waals surface area contributed by atoms with Gasteiger partial charge in [-0.15, -0.1) is 0 Å². The van der Waals surface area contributed by atoms with Gasteiger partial charge in [-0.3, -0.25) is 9.48 Å². The first-order chi connectivity index (χ1) is 6.31. The van der Waals surface area contributed by atoms with Gasteiger partial charge in [0, 0.05) is 35.3 Å². The Hall–Kier alpha value is -1.42. The molecule has 0 saturated heterocycles. The van der Waals surface area contributed by atoms with E-state index >= 15 is 0 Å². The van der Waals surface area contributed by atoms with Crippen molar-refractivity contribution in [1.29, 1.82) is 0 Å². The summed E-state index contributed by atoms with van der Waals surface area (Å²) in [7, 11) is 1.86. The number of carbonyl (C=O) groups is 1. The normalized spacial score (nSPS) is 10.2. The molecule has 0 fully saturated rings. The second-order valence-electron chi connectivity index (χ2n) is 2.76. The molecule has 3 nitrogen and oxygen atoms in total. The average molecular weight is 192 g/mol. The molecule has 4 heteroatoms. The first-order valence-electron chi connectivity index (χ1n) is 3.81. The molecule has 0 radical (unpaired) electrons. The second kappa shape index (κ2) is 3.14. The fourth-order valence-electron chi connectivity index (χ4n) is 1.19. The molecule has 0 unspecified atom stereocenters. The van der Waals surface area contributed by atoms with Gasteiger partial charge in [-0.2, -0.15) is 16.4 Å². The number of hydrogen-bond donors (Lipinski definition) is 0. The first-order valence-corrected chi connectivity index (χ1v) is 4.76. The molecule has 2 aromatic rings. The van der Waals surface area contributed by atoms with Gasteiger partial charge in [0.15, 0.2) is 6.29 Å². The van der Waals surface area contributed by atoms with Gasteiger partial charge in [0.1, 0.15) is 0 Å². The Balaban J connectivity index is 2.51. The molecule has 0 saturated carbocycles. The Kier molecular flexibility index (Phi) is 1.98. The maximum absolute atomic E-state index is 10.6. The summed E-state index contributed by atoms with van der Waals surface area (Å²) in [5, 5.41) is 7.86. The zero-order chi connectivity index (χ0) is 9.26. The third-order valence-electron chi connectivity index (χ3n) is 1.83. The van der Waals surface area contributed by atoms with E-state index in [0.29, 0.717) is 0 Å². The summed E-state index contributed by atoms with van der Waals surface area (Å²) in [6, 6.07) is 0. The number of rotatable bonds is 2. The predicted octanol–water partition coefficient (Wildman–Crippen LogP) is 1.96. The number of aryl methyl sites for hydroxylation is 1. The highest BCUT2D eigenvalue weighted by Gasteiger charge is 2.06. The molecule has 13 heavy (non-hydrogen) atoms. The second-order valence-corrected chi connectivity index (χ2v) is 3.50. The molecular weight excluding hydrogens is 184 g/mol. The molecule has 0 aliphatic carbocycles. The van der Waals surface area contributed by atoms with Crippen molar-refractivity contribution in [2.45, 2.75) is 0 Å². The van der Waals surface area contributed by atoms with Crippen LogP contribution in [0.5, 0.6) is 0 Å². The molecule has 0 atom stereocenters. The standard InChI is InChI=1S/C9H8N2OS/c1-11-3-7(2-10-11)9-6-13-5-8(9)4-12/h2-6H,1H3. The van der Waals surface area contributed by atoms with E-state index in [4.69, 9.17) is 0 Å². The van der Waals surface area contributed by atoms with Gasteiger partial charge >= 0.3 is 0 Å². The van der Waals surface area contributed by atoms with E-state index in [-0.39, 0.29) is 0 Å². The fraction of sp³-hybridized carbons (Fsp3) is 0.111. The highest BCUT2D eigenvalue weighted by molar-refractivity contribution is 7.08. The number of aromatic nitrogens is 2. The zero-order valence-corrected chi connectivity index (χ0v) is 7.91. The Morgan fingerprint density at radius 2 is 2.38 bits per heavy atom. The zero-order valence-electron chi connectivity index (χ0n) is 7.10. The molecule has 0 aromatic carbocycles. The number of carbonyl (C=O) groups excluding carboxylic acids is 1. The number of hydrogen-bond acceptors (Lipinski definition) is 3. The van der Waals surface area contributed by atoms with Gasteiger partial charge in [-0.25, -0.2) is 0 Å². The molecule has 0 spiro atoms. The smallest absolute Gasteiger partial charge is 0.151 e. The summed E-state index contributed by atoms with van der Waals surface area (Å²) >= 11 is 1.53. The predicted molar refractivity (Wildman–Crippen MR) is 51.9 cm³/mol. The fourth-order valence-corrected chi connectivity index (χ4v) is 2.00. The van der Waals surface area contributed by atoms with Gasteiger partial charge in [-0.05, 0) is 5.38 Å². The van der Waals surface area contributed by atoms with E-state index in [1.54, 1.807) is 10.9 Å². The number of thiophene rings is 1. The van der Waals surface area contributed by atoms with Crippen molar-refractivity contribution >= 4 is 17.6 Å². The lowest BCUT2D eigenvalue weighted by Crippen LogP contribution is -1.84. The summed E-state index contributed by atoms with van der Waals surface area (Å²) < 4.78 is 1.72. The topological polar surface area (TPSA) is 34.9 Å². The van der Waals surface area contributed by atoms with Crippen LogP contribution < -0.4 is 0 Å². The number of aldehydes is 1. The molecule has 0 aliphatic rings. The van der Waals surface area contributed by atoms with Crippen molar-refractivity contribution in [1.82, 2.24) is 9.78 Å². The monoisotopic (exact) mass is 192 g/mol. The minimum absolute atomic E-state index is 0.734. The summed E-state index contributed by atoms with van der Waals surface area (Å²) in [5.74, 6) is 0. The van der Waals surface area contributed by atoms with Crippen LogP contribution in [0.4, 0.5) is 0 Å². The van der Waals surface area contributed by atoms with Crippen LogP contribution in [0.15, 0.2) is 23.2 Å². The molecule has 0 amide bonds. The molecule has 66 valence electrons. The summed E-state index contributed by atoms with van der Waals surface area (Å²) in [6.07, 6.45) is 4.53. The van der Waals surface area contributed by atoms with Gasteiger partial charge in [-0.1, -0.05) is 0 Å². The Morgan fingerprint density at radius 1 is 1.54 bits per heavy atom. The van der Waals surface area contributed by atoms with Crippen LogP contribution in [0.2, 0.25) is 0 Å². The highest BCUT2D eigenvalue weighted by atomic mass is 32.1. The SMILES string of the molecule is Cn1cc(-c2cscc2C=O)cn1. The first kappa shape index (κ1) is 8.19. The number of nitrogens with zero attached hydrogens (tertiary/aromatic N) is 2. The van der Waals surface area contributed by atoms with Crippen molar-refractivity contribution in [2.75, 3.05) is 0 Å². The van der Waals surface area contributed by atoms with Gasteiger partial charge < -0.3 is 0 Å². The van der Waals surface area contributed by atoms with Crippen molar-refractivity contribution in [2.24, 2.45) is 7.05 Å². The quantitative estimate of drug-likeness (QED) is 0.682. The lowest BCUT2D eigenvalue weighted by molar-refractivity contribution is 0.112. The van der Waals surface area contributed by atoms with Crippen LogP contribution in [0, 0.1) is 0 Å². The lowest BCUT2D eigenvalue weighted by Gasteiger charge is -1.91. The van der Waals surface area contributed by atoms with Crippen molar-refractivity contribution in [3.63, 3.8) is 0 Å². The summed E-state index contributed by atoms with van der Waals surface area (Å²) in [4.78, 5) is 10.6. The minimum Gasteiger partial charge on any atom is -0.298 e. The third kappa shape index (κ3) is 1.40. The molecule has 2 aromatic heterocycles. The van der Waals surface area contributed by atoms with Crippen LogP contribution in [0.3, 0.4) is 0 Å². The van der Waals surface area contributed by atoms with E-state index < -0.39 is 0 Å². The highest BCUT2D eigenvalue weighted by Crippen LogP contribution is 2.25. The van der Waals surface area contributed by atoms with Crippen LogP contribution in [0.25, 0.3) is 11.1 Å². The lowest BCUT2D eigenvalue weighted by atomic mass is 10.1. The van der Waals surface area contributed by atoms with Gasteiger partial charge in [0.05, 0.1) is 6.20 Å². The van der Waals surface area contributed by atoms with Crippen molar-refractivity contribution in [3.05, 3.63) is 28.7 Å². The Morgan fingerprint density at radius 3 is 3.00 bits per heavy atom. The largest absolute Gasteiger partial charge is 0.298 e. The molecular formula is C9H8N2OS. The molecule has 0 N–H and O–H groups in total. The van der Waals surface area contributed by atoms with Crippen LogP contribution in [-0.2, 0) is 7.05 Å². The summed E-state index contributed by atoms with van der Waals surface area (Å²) in [5.41, 5.74) is 2.69. The van der Waals surface area contributed by atoms with Crippen LogP contribution >= 0.6 is 11.3 Å². The maximum atomic E-state index is 10.6. The van der Waals surface area contributed by atoms with E-state index in [9.17, 15) is 4.79 Å². The Bertz CT molecular complexity index is 430. The maximum Gasteiger partial charge on any atom is 0.151 e. The summed E-state index contributed by atoms with van der Waals surface area (Å²) in [6.45, 7) is 0. The van der Waals surface area contributed by atoms with Crippen LogP contribution in [0.1, 0.15) is 10.4 Å². The van der Waals surface area contributed by atoms with E-state index in [1.807, 2.05) is 24.0 Å². The molecule has 0 bridgehead atoms. The van der Waals surface area contributed by atoms with Crippen molar-refractivity contribution < 1.29 is 4.79 Å². The van der Waals surface area contributed by atoms with E-state index in [1.165, 1.54) is 11.3 Å². The van der Waals surface area contributed by atoms with Crippen molar-refractivity contribution in [3.8, 4) is 11.1 Å². The van der Waals surface area contributed by atoms with E-state index in [2.05, 4.69) is 5.10 Å². The van der Waals surface area contributed by atoms with Gasteiger partial charge in [0.25, 0.3) is 0 Å². The Labute approximate surface area is 79.6 Å². The molecule has 2 heterocycles. The molecule has 2 rings (SSSR count).